The van der Waals surface area contributed by atoms with E-state index in [-0.39, 0.29) is 23.7 Å². The molecule has 3 rings (SSSR count). The maximum atomic E-state index is 12.2. The molecule has 0 aromatic carbocycles. The molecule has 2 fully saturated rings. The van der Waals surface area contributed by atoms with E-state index in [0.717, 1.165) is 37.2 Å². The topological polar surface area (TPSA) is 109 Å². The number of amides is 2. The summed E-state index contributed by atoms with van der Waals surface area (Å²) >= 11 is 1.11. The molecule has 7 nitrogen and oxygen atoms in total. The van der Waals surface area contributed by atoms with Crippen molar-refractivity contribution in [3.8, 4) is 0 Å². The fourth-order valence-electron chi connectivity index (χ4n) is 1.92. The molecule has 2 saturated carbocycles. The van der Waals surface area contributed by atoms with Crippen LogP contribution < -0.4 is 21.7 Å². The van der Waals surface area contributed by atoms with Crippen LogP contribution in [0.4, 0.5) is 10.8 Å². The summed E-state index contributed by atoms with van der Waals surface area (Å²) in [5, 5.41) is 9.40. The molecule has 0 spiro atoms. The van der Waals surface area contributed by atoms with E-state index in [9.17, 15) is 9.59 Å². The van der Waals surface area contributed by atoms with Gasteiger partial charge in [0.1, 0.15) is 16.6 Å². The predicted octanol–water partition coefficient (Wildman–Crippen LogP) is 0.696. The number of nitrogens with two attached hydrogens (primary N) is 1. The lowest BCUT2D eigenvalue weighted by Gasteiger charge is -2.14. The van der Waals surface area contributed by atoms with Gasteiger partial charge in [-0.15, -0.1) is 0 Å². The molecule has 0 saturated heterocycles. The van der Waals surface area contributed by atoms with E-state index in [1.807, 2.05) is 0 Å². The van der Waals surface area contributed by atoms with Gasteiger partial charge in [-0.2, -0.15) is 4.37 Å². The van der Waals surface area contributed by atoms with Gasteiger partial charge in [0.25, 0.3) is 5.91 Å². The van der Waals surface area contributed by atoms with Crippen molar-refractivity contribution in [3.05, 3.63) is 5.56 Å². The lowest BCUT2D eigenvalue weighted by Crippen LogP contribution is -2.39. The van der Waals surface area contributed by atoms with Gasteiger partial charge in [0, 0.05) is 12.1 Å². The van der Waals surface area contributed by atoms with E-state index < -0.39 is 6.04 Å². The number of aromatic nitrogens is 1. The van der Waals surface area contributed by atoms with Crippen molar-refractivity contribution in [2.45, 2.75) is 50.7 Å². The molecule has 5 N–H and O–H groups in total. The quantitative estimate of drug-likeness (QED) is 0.618. The molecule has 21 heavy (non-hydrogen) atoms. The smallest absolute Gasteiger partial charge is 0.258 e. The molecule has 1 atom stereocenters. The third kappa shape index (κ3) is 3.44. The minimum atomic E-state index is -0.432. The summed E-state index contributed by atoms with van der Waals surface area (Å²) in [4.78, 5) is 24.1. The van der Waals surface area contributed by atoms with Crippen molar-refractivity contribution in [2.24, 2.45) is 0 Å². The van der Waals surface area contributed by atoms with Crippen LogP contribution in [-0.4, -0.2) is 34.3 Å². The number of nitrogens with one attached hydrogen (secondary N) is 3. The van der Waals surface area contributed by atoms with E-state index in [2.05, 4.69) is 20.3 Å². The molecule has 0 radical (unpaired) electrons. The normalized spacial score (nSPS) is 18.9. The fourth-order valence-corrected chi connectivity index (χ4v) is 2.72. The Hall–Kier alpha value is -1.83. The van der Waals surface area contributed by atoms with Crippen LogP contribution >= 0.6 is 11.5 Å². The van der Waals surface area contributed by atoms with Crippen LogP contribution in [0.1, 0.15) is 43.0 Å². The Kier molecular flexibility index (Phi) is 3.71. The maximum Gasteiger partial charge on any atom is 0.258 e. The van der Waals surface area contributed by atoms with Gasteiger partial charge in [0.05, 0.1) is 0 Å². The second kappa shape index (κ2) is 5.51. The first kappa shape index (κ1) is 14.1. The first-order chi connectivity index (χ1) is 10.0. The van der Waals surface area contributed by atoms with Gasteiger partial charge in [-0.25, -0.2) is 0 Å². The summed E-state index contributed by atoms with van der Waals surface area (Å²) < 4.78 is 4.02. The van der Waals surface area contributed by atoms with Crippen LogP contribution in [0.25, 0.3) is 0 Å². The highest BCUT2D eigenvalue weighted by atomic mass is 32.1. The van der Waals surface area contributed by atoms with Crippen molar-refractivity contribution < 1.29 is 9.59 Å². The summed E-state index contributed by atoms with van der Waals surface area (Å²) in [6.45, 7) is 1.76. The van der Waals surface area contributed by atoms with Crippen LogP contribution in [0.3, 0.4) is 0 Å². The third-order valence-corrected chi connectivity index (χ3v) is 4.32. The number of hydrogen-bond donors (Lipinski definition) is 4. The second-order valence-corrected chi connectivity index (χ2v) is 6.44. The van der Waals surface area contributed by atoms with Crippen LogP contribution in [-0.2, 0) is 4.79 Å². The van der Waals surface area contributed by atoms with Crippen molar-refractivity contribution in [2.75, 3.05) is 11.1 Å². The summed E-state index contributed by atoms with van der Waals surface area (Å²) in [6.07, 6.45) is 4.10. The highest BCUT2D eigenvalue weighted by molar-refractivity contribution is 7.11. The second-order valence-electron chi connectivity index (χ2n) is 5.67. The number of rotatable bonds is 6. The predicted molar refractivity (Wildman–Crippen MR) is 81.3 cm³/mol. The number of nitrogen functional groups attached to an aromatic ring is 1. The Labute approximate surface area is 126 Å². The zero-order chi connectivity index (χ0) is 15.0. The van der Waals surface area contributed by atoms with Crippen LogP contribution in [0, 0.1) is 0 Å². The highest BCUT2D eigenvalue weighted by Crippen LogP contribution is 2.29. The Balaban J connectivity index is 1.66. The van der Waals surface area contributed by atoms with Gasteiger partial charge < -0.3 is 21.7 Å². The standard InChI is InChI=1S/C13H19N5O2S/c1-6(11(19)16-7-2-3-7)15-13-9(10(14)18-21-13)12(20)17-8-4-5-8/h6-8,15H,2-5H2,1H3,(H2,14,18)(H,16,19)(H,17,20). The molecule has 114 valence electrons. The molecule has 2 amide bonds. The largest absolute Gasteiger partial charge is 0.382 e. The Morgan fingerprint density at radius 3 is 2.48 bits per heavy atom. The Morgan fingerprint density at radius 1 is 1.24 bits per heavy atom. The number of hydrogen-bond acceptors (Lipinski definition) is 6. The molecule has 1 unspecified atom stereocenters. The molecule has 1 aromatic heterocycles. The van der Waals surface area contributed by atoms with Crippen molar-refractivity contribution in [1.29, 1.82) is 0 Å². The lowest BCUT2D eigenvalue weighted by atomic mass is 10.2. The average molecular weight is 309 g/mol. The van der Waals surface area contributed by atoms with Gasteiger partial charge >= 0.3 is 0 Å². The number of carbonyl (C=O) groups is 2. The minimum absolute atomic E-state index is 0.0713. The molecular formula is C13H19N5O2S. The SMILES string of the molecule is CC(Nc1snc(N)c1C(=O)NC1CC1)C(=O)NC1CC1. The zero-order valence-electron chi connectivity index (χ0n) is 11.8. The van der Waals surface area contributed by atoms with Crippen molar-refractivity contribution >= 4 is 34.2 Å². The van der Waals surface area contributed by atoms with E-state index in [4.69, 9.17) is 5.73 Å². The molecule has 1 heterocycles. The highest BCUT2D eigenvalue weighted by Gasteiger charge is 2.29. The van der Waals surface area contributed by atoms with Gasteiger partial charge in [0.15, 0.2) is 5.82 Å². The first-order valence-electron chi connectivity index (χ1n) is 7.17. The summed E-state index contributed by atoms with van der Waals surface area (Å²) in [5.74, 6) is -0.0884. The molecule has 2 aliphatic rings. The molecule has 2 aliphatic carbocycles. The summed E-state index contributed by atoms with van der Waals surface area (Å²) in [6, 6.07) is 0.129. The third-order valence-electron chi connectivity index (χ3n) is 3.52. The van der Waals surface area contributed by atoms with E-state index >= 15 is 0 Å². The van der Waals surface area contributed by atoms with Crippen molar-refractivity contribution in [3.63, 3.8) is 0 Å². The van der Waals surface area contributed by atoms with Crippen LogP contribution in [0.2, 0.25) is 0 Å². The monoisotopic (exact) mass is 309 g/mol. The zero-order valence-corrected chi connectivity index (χ0v) is 12.6. The van der Waals surface area contributed by atoms with E-state index in [0.29, 0.717) is 16.6 Å². The van der Waals surface area contributed by atoms with Gasteiger partial charge in [0.2, 0.25) is 5.91 Å². The van der Waals surface area contributed by atoms with Gasteiger partial charge in [-0.3, -0.25) is 9.59 Å². The van der Waals surface area contributed by atoms with Gasteiger partial charge in [-0.1, -0.05) is 0 Å². The van der Waals surface area contributed by atoms with Gasteiger partial charge in [-0.05, 0) is 44.1 Å². The average Bonchev–Trinajstić information content (AvgIpc) is 3.33. The summed E-state index contributed by atoms with van der Waals surface area (Å²) in [7, 11) is 0. The Bertz CT molecular complexity index is 565. The Morgan fingerprint density at radius 2 is 1.86 bits per heavy atom. The number of carbonyl (C=O) groups excluding carboxylic acids is 2. The lowest BCUT2D eigenvalue weighted by molar-refractivity contribution is -0.121. The van der Waals surface area contributed by atoms with Crippen LogP contribution in [0.15, 0.2) is 0 Å². The molecule has 0 aliphatic heterocycles. The van der Waals surface area contributed by atoms with E-state index in [1.165, 1.54) is 0 Å². The minimum Gasteiger partial charge on any atom is -0.382 e. The molecule has 8 heteroatoms. The van der Waals surface area contributed by atoms with Crippen molar-refractivity contribution in [1.82, 2.24) is 15.0 Å². The van der Waals surface area contributed by atoms with E-state index in [1.54, 1.807) is 6.92 Å². The number of nitrogens with zero attached hydrogens (tertiary/aromatic N) is 1. The fraction of sp³-hybridized carbons (Fsp3) is 0.615. The number of anilines is 2. The first-order valence-corrected chi connectivity index (χ1v) is 7.95. The molecule has 1 aromatic rings. The maximum absolute atomic E-state index is 12.2. The summed E-state index contributed by atoms with van der Waals surface area (Å²) in [5.41, 5.74) is 6.12. The molecular weight excluding hydrogens is 290 g/mol. The molecule has 0 bridgehead atoms. The van der Waals surface area contributed by atoms with Crippen LogP contribution in [0.5, 0.6) is 0 Å².